The maximum absolute atomic E-state index is 12.4. The van der Waals surface area contributed by atoms with Crippen LogP contribution in [0.5, 0.6) is 0 Å². The molecule has 1 N–H and O–H groups in total. The Hall–Kier alpha value is -1.91. The average Bonchev–Trinajstić information content (AvgIpc) is 2.68. The molecule has 0 radical (unpaired) electrons. The topological polar surface area (TPSA) is 46.2 Å². The molecule has 3 rings (SSSR count). The third kappa shape index (κ3) is 5.78. The van der Waals surface area contributed by atoms with E-state index in [1.165, 1.54) is 43.2 Å². The van der Waals surface area contributed by atoms with E-state index in [0.29, 0.717) is 23.8 Å². The van der Waals surface area contributed by atoms with Gasteiger partial charge in [0.1, 0.15) is 0 Å². The van der Waals surface area contributed by atoms with Gasteiger partial charge in [-0.1, -0.05) is 73.4 Å². The van der Waals surface area contributed by atoms with Crippen molar-refractivity contribution in [2.24, 2.45) is 5.92 Å². The predicted octanol–water partition coefficient (Wildman–Crippen LogP) is 5.11. The maximum Gasteiger partial charge on any atom is 0.240 e. The highest BCUT2D eigenvalue weighted by molar-refractivity contribution is 7.89. The van der Waals surface area contributed by atoms with E-state index in [1.807, 2.05) is 31.2 Å². The van der Waals surface area contributed by atoms with Gasteiger partial charge in [-0.3, -0.25) is 0 Å². The van der Waals surface area contributed by atoms with Crippen molar-refractivity contribution in [2.45, 2.75) is 50.3 Å². The van der Waals surface area contributed by atoms with Crippen LogP contribution in [-0.4, -0.2) is 15.0 Å². The summed E-state index contributed by atoms with van der Waals surface area (Å²) in [5.41, 5.74) is 3.42. The molecular weight excluding hydrogens is 354 g/mol. The highest BCUT2D eigenvalue weighted by atomic mass is 32.2. The number of allylic oxidation sites excluding steroid dienone is 1. The Morgan fingerprint density at radius 3 is 2.44 bits per heavy atom. The van der Waals surface area contributed by atoms with Crippen LogP contribution in [0.15, 0.2) is 59.5 Å². The zero-order chi connectivity index (χ0) is 19.1. The Balaban J connectivity index is 1.61. The SMILES string of the molecule is Cc1ccc(S(=O)(=O)NCCc2ccccc2/C=C/C2CCCCC2)cc1. The first-order chi connectivity index (χ1) is 13.0. The van der Waals surface area contributed by atoms with Crippen LogP contribution in [0.2, 0.25) is 0 Å². The van der Waals surface area contributed by atoms with Gasteiger partial charge < -0.3 is 0 Å². The van der Waals surface area contributed by atoms with Crippen molar-refractivity contribution in [1.29, 1.82) is 0 Å². The molecule has 4 heteroatoms. The lowest BCUT2D eigenvalue weighted by atomic mass is 9.88. The molecule has 0 atom stereocenters. The van der Waals surface area contributed by atoms with Crippen LogP contribution in [0.25, 0.3) is 6.08 Å². The molecule has 0 aromatic heterocycles. The molecule has 1 aliphatic carbocycles. The monoisotopic (exact) mass is 383 g/mol. The van der Waals surface area contributed by atoms with E-state index in [0.717, 1.165) is 5.56 Å². The predicted molar refractivity (Wildman–Crippen MR) is 112 cm³/mol. The maximum atomic E-state index is 12.4. The number of rotatable bonds is 7. The van der Waals surface area contributed by atoms with Gasteiger partial charge in [0.15, 0.2) is 0 Å². The van der Waals surface area contributed by atoms with Crippen molar-refractivity contribution >= 4 is 16.1 Å². The smallest absolute Gasteiger partial charge is 0.211 e. The van der Waals surface area contributed by atoms with Gasteiger partial charge in [0.2, 0.25) is 10.0 Å². The highest BCUT2D eigenvalue weighted by Gasteiger charge is 2.13. The van der Waals surface area contributed by atoms with Gasteiger partial charge in [0.05, 0.1) is 4.90 Å². The van der Waals surface area contributed by atoms with Crippen LogP contribution in [0.3, 0.4) is 0 Å². The molecule has 1 aliphatic rings. The third-order valence-corrected chi connectivity index (χ3v) is 6.75. The van der Waals surface area contributed by atoms with Crippen molar-refractivity contribution in [3.63, 3.8) is 0 Å². The second-order valence-corrected chi connectivity index (χ2v) is 9.18. The molecule has 1 saturated carbocycles. The summed E-state index contributed by atoms with van der Waals surface area (Å²) in [5.74, 6) is 0.687. The minimum atomic E-state index is -3.46. The van der Waals surface area contributed by atoms with Gasteiger partial charge in [0, 0.05) is 6.54 Å². The van der Waals surface area contributed by atoms with E-state index in [1.54, 1.807) is 12.1 Å². The summed E-state index contributed by atoms with van der Waals surface area (Å²) >= 11 is 0. The van der Waals surface area contributed by atoms with Crippen molar-refractivity contribution < 1.29 is 8.42 Å². The van der Waals surface area contributed by atoms with Gasteiger partial charge in [0.25, 0.3) is 0 Å². The van der Waals surface area contributed by atoms with Gasteiger partial charge in [-0.2, -0.15) is 0 Å². The third-order valence-electron chi connectivity index (χ3n) is 5.27. The fourth-order valence-electron chi connectivity index (χ4n) is 3.61. The second kappa shape index (κ2) is 9.34. The Morgan fingerprint density at radius 1 is 1.00 bits per heavy atom. The number of benzene rings is 2. The van der Waals surface area contributed by atoms with Gasteiger partial charge in [-0.25, -0.2) is 13.1 Å². The normalized spacial score (nSPS) is 16.0. The first-order valence-corrected chi connectivity index (χ1v) is 11.4. The second-order valence-electron chi connectivity index (χ2n) is 7.42. The van der Waals surface area contributed by atoms with E-state index in [4.69, 9.17) is 0 Å². The number of hydrogen-bond acceptors (Lipinski definition) is 2. The molecule has 0 spiro atoms. The molecule has 3 nitrogen and oxygen atoms in total. The number of sulfonamides is 1. The first-order valence-electron chi connectivity index (χ1n) is 9.87. The molecule has 0 bridgehead atoms. The van der Waals surface area contributed by atoms with E-state index in [9.17, 15) is 8.42 Å². The summed E-state index contributed by atoms with van der Waals surface area (Å²) in [6, 6.07) is 15.2. The molecule has 2 aromatic carbocycles. The Labute approximate surface area is 163 Å². The van der Waals surface area contributed by atoms with E-state index in [-0.39, 0.29) is 0 Å². The fraction of sp³-hybridized carbons (Fsp3) is 0.391. The van der Waals surface area contributed by atoms with Gasteiger partial charge in [-0.15, -0.1) is 0 Å². The standard InChI is InChI=1S/C23H29NO2S/c1-19-11-15-23(16-12-19)27(25,26)24-18-17-22-10-6-5-9-21(22)14-13-20-7-3-2-4-8-20/h5-6,9-16,20,24H,2-4,7-8,17-18H2,1H3/b14-13+. The lowest BCUT2D eigenvalue weighted by Crippen LogP contribution is -2.26. The summed E-state index contributed by atoms with van der Waals surface area (Å²) in [4.78, 5) is 0.318. The van der Waals surface area contributed by atoms with E-state index >= 15 is 0 Å². The number of hydrogen-bond donors (Lipinski definition) is 1. The Morgan fingerprint density at radius 2 is 1.70 bits per heavy atom. The molecule has 144 valence electrons. The molecule has 0 aliphatic heterocycles. The van der Waals surface area contributed by atoms with Crippen LogP contribution < -0.4 is 4.72 Å². The number of nitrogens with one attached hydrogen (secondary N) is 1. The summed E-state index contributed by atoms with van der Waals surface area (Å²) in [7, 11) is -3.46. The largest absolute Gasteiger partial charge is 0.240 e. The zero-order valence-electron chi connectivity index (χ0n) is 16.0. The van der Waals surface area contributed by atoms with Crippen molar-refractivity contribution in [3.05, 3.63) is 71.3 Å². The lowest BCUT2D eigenvalue weighted by Gasteiger charge is -2.18. The molecule has 2 aromatic rings. The number of aryl methyl sites for hydroxylation is 1. The Bertz CT molecular complexity index is 864. The van der Waals surface area contributed by atoms with E-state index < -0.39 is 10.0 Å². The molecule has 0 heterocycles. The quantitative estimate of drug-likeness (QED) is 0.722. The van der Waals surface area contributed by atoms with Gasteiger partial charge >= 0.3 is 0 Å². The Kier molecular flexibility index (Phi) is 6.86. The molecule has 0 amide bonds. The van der Waals surface area contributed by atoms with Gasteiger partial charge in [-0.05, 0) is 55.4 Å². The van der Waals surface area contributed by atoms with Crippen LogP contribution >= 0.6 is 0 Å². The molecule has 27 heavy (non-hydrogen) atoms. The minimum absolute atomic E-state index is 0.318. The summed E-state index contributed by atoms with van der Waals surface area (Å²) < 4.78 is 27.6. The van der Waals surface area contributed by atoms with Crippen molar-refractivity contribution in [2.75, 3.05) is 6.54 Å². The summed E-state index contributed by atoms with van der Waals surface area (Å²) in [6.07, 6.45) is 11.8. The summed E-state index contributed by atoms with van der Waals surface area (Å²) in [5, 5.41) is 0. The lowest BCUT2D eigenvalue weighted by molar-refractivity contribution is 0.420. The molecule has 0 saturated heterocycles. The van der Waals surface area contributed by atoms with Crippen molar-refractivity contribution in [3.8, 4) is 0 Å². The molecular formula is C23H29NO2S. The first kappa shape index (κ1) is 19.8. The van der Waals surface area contributed by atoms with Crippen molar-refractivity contribution in [1.82, 2.24) is 4.72 Å². The van der Waals surface area contributed by atoms with Crippen LogP contribution in [-0.2, 0) is 16.4 Å². The highest BCUT2D eigenvalue weighted by Crippen LogP contribution is 2.25. The fourth-order valence-corrected chi connectivity index (χ4v) is 4.64. The molecule has 0 unspecified atom stereocenters. The van der Waals surface area contributed by atoms with Crippen LogP contribution in [0.1, 0.15) is 48.8 Å². The summed E-state index contributed by atoms with van der Waals surface area (Å²) in [6.45, 7) is 2.34. The van der Waals surface area contributed by atoms with E-state index in [2.05, 4.69) is 29.0 Å². The van der Waals surface area contributed by atoms with Crippen LogP contribution in [0, 0.1) is 12.8 Å². The zero-order valence-corrected chi connectivity index (χ0v) is 16.8. The average molecular weight is 384 g/mol. The van der Waals surface area contributed by atoms with Crippen LogP contribution in [0.4, 0.5) is 0 Å². The molecule has 1 fully saturated rings. The minimum Gasteiger partial charge on any atom is -0.211 e.